The lowest BCUT2D eigenvalue weighted by Crippen LogP contribution is -2.60. The van der Waals surface area contributed by atoms with Gasteiger partial charge in [0.15, 0.2) is 0 Å². The number of benzene rings is 2. The molecule has 0 amide bonds. The normalized spacial score (nSPS) is 20.5. The van der Waals surface area contributed by atoms with Gasteiger partial charge in [0.25, 0.3) is 0 Å². The van der Waals surface area contributed by atoms with Crippen LogP contribution in [-0.2, 0) is 16.0 Å². The molecule has 0 aromatic heterocycles. The highest BCUT2D eigenvalue weighted by atomic mass is 16.5. The Bertz CT molecular complexity index is 755. The number of esters is 1. The second-order valence-electron chi connectivity index (χ2n) is 8.52. The second-order valence-corrected chi connectivity index (χ2v) is 8.52. The average molecular weight is 339 g/mol. The first-order valence-corrected chi connectivity index (χ1v) is 9.09. The van der Waals surface area contributed by atoms with Gasteiger partial charge in [0, 0.05) is 23.9 Å². The summed E-state index contributed by atoms with van der Waals surface area (Å²) in [6, 6.07) is 14.3. The molecule has 3 heteroatoms. The topological polar surface area (TPSA) is 29.5 Å². The molecule has 0 N–H and O–H groups in total. The number of nitrogens with zero attached hydrogens (tertiary/aromatic N) is 1. The summed E-state index contributed by atoms with van der Waals surface area (Å²) >= 11 is 0. The van der Waals surface area contributed by atoms with Crippen molar-refractivity contribution in [2.75, 3.05) is 7.05 Å². The third kappa shape index (κ3) is 3.72. The molecular formula is C22H29NO2. The maximum atomic E-state index is 12.6. The summed E-state index contributed by atoms with van der Waals surface area (Å²) in [6.45, 7) is 8.89. The predicted molar refractivity (Wildman–Crippen MR) is 103 cm³/mol. The molecule has 0 aliphatic carbocycles. The molecule has 0 atom stereocenters. The van der Waals surface area contributed by atoms with Gasteiger partial charge in [0.1, 0.15) is 6.10 Å². The fourth-order valence-corrected chi connectivity index (χ4v) is 4.19. The molecule has 134 valence electrons. The van der Waals surface area contributed by atoms with Crippen molar-refractivity contribution in [1.29, 1.82) is 0 Å². The molecule has 0 bridgehead atoms. The highest BCUT2D eigenvalue weighted by Gasteiger charge is 2.44. The largest absolute Gasteiger partial charge is 0.462 e. The molecule has 3 nitrogen and oxygen atoms in total. The van der Waals surface area contributed by atoms with E-state index in [-0.39, 0.29) is 23.2 Å². The summed E-state index contributed by atoms with van der Waals surface area (Å²) in [5, 5.41) is 2.29. The van der Waals surface area contributed by atoms with Gasteiger partial charge in [0.2, 0.25) is 0 Å². The molecule has 1 aliphatic rings. The minimum absolute atomic E-state index is 0.0200. The quantitative estimate of drug-likeness (QED) is 0.767. The first-order valence-electron chi connectivity index (χ1n) is 9.09. The number of rotatable bonds is 3. The minimum Gasteiger partial charge on any atom is -0.462 e. The number of likely N-dealkylation sites (tertiary alicyclic amines) is 1. The van der Waals surface area contributed by atoms with Crippen LogP contribution in [0.2, 0.25) is 0 Å². The number of ether oxygens (including phenoxy) is 1. The predicted octanol–water partition coefficient (Wildman–Crippen LogP) is 4.58. The van der Waals surface area contributed by atoms with E-state index in [9.17, 15) is 4.79 Å². The van der Waals surface area contributed by atoms with Crippen LogP contribution in [-0.4, -0.2) is 35.1 Å². The van der Waals surface area contributed by atoms with Crippen LogP contribution in [0.3, 0.4) is 0 Å². The molecule has 3 rings (SSSR count). The van der Waals surface area contributed by atoms with Crippen molar-refractivity contribution in [1.82, 2.24) is 4.90 Å². The lowest BCUT2D eigenvalue weighted by molar-refractivity contribution is -0.158. The molecule has 1 saturated heterocycles. The van der Waals surface area contributed by atoms with Crippen LogP contribution in [0.5, 0.6) is 0 Å². The smallest absolute Gasteiger partial charge is 0.310 e. The summed E-state index contributed by atoms with van der Waals surface area (Å²) in [6.07, 6.45) is 2.04. The van der Waals surface area contributed by atoms with Gasteiger partial charge in [-0.15, -0.1) is 0 Å². The highest BCUT2D eigenvalue weighted by molar-refractivity contribution is 5.89. The average Bonchev–Trinajstić information content (AvgIpc) is 2.52. The summed E-state index contributed by atoms with van der Waals surface area (Å²) in [4.78, 5) is 15.0. The van der Waals surface area contributed by atoms with Crippen LogP contribution in [0.15, 0.2) is 42.5 Å². The van der Waals surface area contributed by atoms with Crippen LogP contribution in [0.4, 0.5) is 0 Å². The van der Waals surface area contributed by atoms with Crippen molar-refractivity contribution in [3.63, 3.8) is 0 Å². The van der Waals surface area contributed by atoms with Crippen LogP contribution in [0.1, 0.15) is 46.1 Å². The molecule has 2 aromatic carbocycles. The van der Waals surface area contributed by atoms with Gasteiger partial charge < -0.3 is 4.74 Å². The van der Waals surface area contributed by atoms with Crippen molar-refractivity contribution in [2.24, 2.45) is 0 Å². The number of carbonyl (C=O) groups is 1. The van der Waals surface area contributed by atoms with E-state index >= 15 is 0 Å². The van der Waals surface area contributed by atoms with Gasteiger partial charge in [-0.25, -0.2) is 0 Å². The van der Waals surface area contributed by atoms with Crippen molar-refractivity contribution in [2.45, 2.75) is 64.1 Å². The Hall–Kier alpha value is -1.87. The minimum atomic E-state index is -0.127. The van der Waals surface area contributed by atoms with Crippen molar-refractivity contribution >= 4 is 16.7 Å². The van der Waals surface area contributed by atoms with Crippen LogP contribution in [0.25, 0.3) is 10.8 Å². The van der Waals surface area contributed by atoms with Crippen molar-refractivity contribution in [3.8, 4) is 0 Å². The van der Waals surface area contributed by atoms with E-state index in [0.29, 0.717) is 6.42 Å². The Balaban J connectivity index is 1.72. The SMILES string of the molecule is CN1C(C)(C)CC(OC(=O)Cc2cccc3ccccc23)CC1(C)C. The Labute approximate surface area is 151 Å². The molecule has 0 radical (unpaired) electrons. The second kappa shape index (κ2) is 6.45. The zero-order valence-corrected chi connectivity index (χ0v) is 16.0. The summed E-state index contributed by atoms with van der Waals surface area (Å²) in [5.74, 6) is -0.127. The van der Waals surface area contributed by atoms with Gasteiger partial charge >= 0.3 is 5.97 Å². The number of fused-ring (bicyclic) bond motifs is 1. The maximum Gasteiger partial charge on any atom is 0.310 e. The third-order valence-electron chi connectivity index (χ3n) is 5.78. The monoisotopic (exact) mass is 339 g/mol. The fraction of sp³-hybridized carbons (Fsp3) is 0.500. The number of piperidine rings is 1. The summed E-state index contributed by atoms with van der Waals surface area (Å²) in [5.41, 5.74) is 1.08. The summed E-state index contributed by atoms with van der Waals surface area (Å²) < 4.78 is 5.90. The van der Waals surface area contributed by atoms with Crippen LogP contribution < -0.4 is 0 Å². The van der Waals surface area contributed by atoms with Crippen LogP contribution >= 0.6 is 0 Å². The van der Waals surface area contributed by atoms with E-state index in [0.717, 1.165) is 29.2 Å². The standard InChI is InChI=1S/C22H29NO2/c1-21(2)14-18(15-22(3,4)23(21)5)25-20(24)13-17-11-8-10-16-9-6-7-12-19(16)17/h6-12,18H,13-15H2,1-5H3. The molecule has 0 saturated carbocycles. The number of hydrogen-bond acceptors (Lipinski definition) is 3. The molecule has 0 unspecified atom stereocenters. The number of carbonyl (C=O) groups excluding carboxylic acids is 1. The molecule has 25 heavy (non-hydrogen) atoms. The van der Waals surface area contributed by atoms with Gasteiger partial charge in [-0.2, -0.15) is 0 Å². The van der Waals surface area contributed by atoms with E-state index < -0.39 is 0 Å². The van der Waals surface area contributed by atoms with Gasteiger partial charge in [0.05, 0.1) is 6.42 Å². The Morgan fingerprint density at radius 2 is 1.64 bits per heavy atom. The molecule has 0 spiro atoms. The van der Waals surface area contributed by atoms with Crippen molar-refractivity contribution in [3.05, 3.63) is 48.0 Å². The zero-order valence-electron chi connectivity index (χ0n) is 16.0. The first-order chi connectivity index (χ1) is 11.7. The first kappa shape index (κ1) is 17.9. The Morgan fingerprint density at radius 3 is 2.32 bits per heavy atom. The van der Waals surface area contributed by atoms with Crippen LogP contribution in [0, 0.1) is 0 Å². The third-order valence-corrected chi connectivity index (χ3v) is 5.78. The lowest BCUT2D eigenvalue weighted by Gasteiger charge is -2.53. The van der Waals surface area contributed by atoms with Gasteiger partial charge in [-0.3, -0.25) is 9.69 Å². The Morgan fingerprint density at radius 1 is 1.04 bits per heavy atom. The van der Waals surface area contributed by atoms with Gasteiger partial charge in [-0.1, -0.05) is 42.5 Å². The zero-order chi connectivity index (χ0) is 18.2. The fourth-order valence-electron chi connectivity index (χ4n) is 4.19. The van der Waals surface area contributed by atoms with Crippen molar-refractivity contribution < 1.29 is 9.53 Å². The molecule has 1 fully saturated rings. The summed E-state index contributed by atoms with van der Waals surface area (Å²) in [7, 11) is 2.16. The highest BCUT2D eigenvalue weighted by Crippen LogP contribution is 2.38. The maximum absolute atomic E-state index is 12.6. The molecule has 1 heterocycles. The molecule has 2 aromatic rings. The lowest BCUT2D eigenvalue weighted by atomic mass is 9.79. The van der Waals surface area contributed by atoms with E-state index in [4.69, 9.17) is 4.74 Å². The van der Waals surface area contributed by atoms with E-state index in [2.05, 4.69) is 57.8 Å². The van der Waals surface area contributed by atoms with E-state index in [1.54, 1.807) is 0 Å². The van der Waals surface area contributed by atoms with Gasteiger partial charge in [-0.05, 0) is 51.1 Å². The number of hydrogen-bond donors (Lipinski definition) is 0. The Kier molecular flexibility index (Phi) is 4.63. The van der Waals surface area contributed by atoms with E-state index in [1.807, 2.05) is 24.3 Å². The molecular weight excluding hydrogens is 310 g/mol. The molecule has 1 aliphatic heterocycles. The van der Waals surface area contributed by atoms with E-state index in [1.165, 1.54) is 0 Å².